The molecule has 33 heavy (non-hydrogen) atoms. The van der Waals surface area contributed by atoms with E-state index in [0.29, 0.717) is 40.1 Å². The van der Waals surface area contributed by atoms with Gasteiger partial charge < -0.3 is 25.7 Å². The highest BCUT2D eigenvalue weighted by Gasteiger charge is 2.51. The average Bonchev–Trinajstić information content (AvgIpc) is 3.72. The van der Waals surface area contributed by atoms with Crippen LogP contribution in [0.2, 0.25) is 0 Å². The monoisotopic (exact) mass is 464 g/mol. The van der Waals surface area contributed by atoms with Gasteiger partial charge in [-0.1, -0.05) is 6.07 Å². The summed E-state index contributed by atoms with van der Waals surface area (Å²) in [4.78, 5) is 16.2. The summed E-state index contributed by atoms with van der Waals surface area (Å²) in [6, 6.07) is 12.7. The van der Waals surface area contributed by atoms with E-state index < -0.39 is 13.0 Å². The fourth-order valence-electron chi connectivity index (χ4n) is 4.08. The third kappa shape index (κ3) is 4.28. The first-order chi connectivity index (χ1) is 16.0. The number of rotatable bonds is 9. The van der Waals surface area contributed by atoms with Crippen molar-refractivity contribution in [1.82, 2.24) is 15.2 Å². The molecule has 0 aliphatic heterocycles. The van der Waals surface area contributed by atoms with E-state index in [0.717, 1.165) is 31.0 Å². The average molecular weight is 464 g/mol. The van der Waals surface area contributed by atoms with Crippen molar-refractivity contribution in [3.05, 3.63) is 54.4 Å². The van der Waals surface area contributed by atoms with Gasteiger partial charge in [-0.3, -0.25) is 4.79 Å². The van der Waals surface area contributed by atoms with Crippen LogP contribution in [0, 0.1) is 0 Å². The fourth-order valence-corrected chi connectivity index (χ4v) is 7.98. The maximum Gasteiger partial charge on any atom is 0.271 e. The normalized spacial score (nSPS) is 15.7. The van der Waals surface area contributed by atoms with Gasteiger partial charge in [0.1, 0.15) is 18.7 Å². The number of methoxy groups -OCH3 is 1. The molecule has 0 radical (unpaired) electrons. The van der Waals surface area contributed by atoms with Crippen molar-refractivity contribution < 1.29 is 14.1 Å². The number of hydrogen-bond donors (Lipinski definition) is 3. The van der Waals surface area contributed by atoms with Gasteiger partial charge in [0, 0.05) is 28.9 Å². The Kier molecular flexibility index (Phi) is 5.50. The molecule has 0 unspecified atom stereocenters. The second kappa shape index (κ2) is 8.48. The molecule has 0 atom stereocenters. The summed E-state index contributed by atoms with van der Waals surface area (Å²) in [7, 11) is -0.862. The Hall–Kier alpha value is -3.45. The minimum Gasteiger partial charge on any atom is -0.495 e. The summed E-state index contributed by atoms with van der Waals surface area (Å²) >= 11 is 0. The first-order valence-electron chi connectivity index (χ1n) is 10.9. The molecule has 170 valence electrons. The molecule has 9 nitrogen and oxygen atoms in total. The van der Waals surface area contributed by atoms with Crippen molar-refractivity contribution in [2.75, 3.05) is 17.7 Å². The van der Waals surface area contributed by atoms with Crippen LogP contribution in [-0.2, 0) is 4.57 Å². The maximum absolute atomic E-state index is 13.9. The molecule has 2 fully saturated rings. The molecule has 2 saturated carbocycles. The standard InChI is InChI=1S/C23H25N6O3P/c1-32-19-12-16(33(31,14-5-6-14)15-7-8-15)9-10-17(19)26-18-13-21(28-29-22(18)23(24)30)27-20-4-2-3-11-25-20/h2-4,9-15H,5-8H2,1H3,(H2,24,30)(H2,25,26,27,28). The summed E-state index contributed by atoms with van der Waals surface area (Å²) < 4.78 is 19.5. The van der Waals surface area contributed by atoms with Crippen LogP contribution < -0.4 is 26.4 Å². The molecule has 2 heterocycles. The minimum atomic E-state index is -2.43. The molecular weight excluding hydrogens is 439 g/mol. The van der Waals surface area contributed by atoms with E-state index >= 15 is 0 Å². The van der Waals surface area contributed by atoms with Crippen molar-refractivity contribution in [3.63, 3.8) is 0 Å². The van der Waals surface area contributed by atoms with Crippen LogP contribution in [0.5, 0.6) is 5.75 Å². The first kappa shape index (κ1) is 21.4. The predicted molar refractivity (Wildman–Crippen MR) is 128 cm³/mol. The van der Waals surface area contributed by atoms with Gasteiger partial charge >= 0.3 is 0 Å². The largest absolute Gasteiger partial charge is 0.495 e. The van der Waals surface area contributed by atoms with Crippen LogP contribution in [0.25, 0.3) is 0 Å². The summed E-state index contributed by atoms with van der Waals surface area (Å²) in [5, 5.41) is 15.1. The lowest BCUT2D eigenvalue weighted by atomic mass is 10.2. The third-order valence-electron chi connectivity index (χ3n) is 5.99. The number of ether oxygens (including phenoxy) is 1. The number of aromatic nitrogens is 3. The summed E-state index contributed by atoms with van der Waals surface area (Å²) in [6.07, 6.45) is 5.79. The van der Waals surface area contributed by atoms with E-state index in [1.807, 2.05) is 24.3 Å². The Morgan fingerprint density at radius 1 is 1.00 bits per heavy atom. The van der Waals surface area contributed by atoms with Gasteiger partial charge in [0.2, 0.25) is 0 Å². The van der Waals surface area contributed by atoms with Gasteiger partial charge in [0.25, 0.3) is 5.91 Å². The summed E-state index contributed by atoms with van der Waals surface area (Å²) in [6.45, 7) is 0. The smallest absolute Gasteiger partial charge is 0.271 e. The van der Waals surface area contributed by atoms with Gasteiger partial charge in [0.15, 0.2) is 11.5 Å². The van der Waals surface area contributed by atoms with Gasteiger partial charge in [-0.05, 0) is 56.0 Å². The van der Waals surface area contributed by atoms with E-state index in [-0.39, 0.29) is 5.69 Å². The molecule has 10 heteroatoms. The molecule has 2 aliphatic carbocycles. The Morgan fingerprint density at radius 3 is 2.36 bits per heavy atom. The van der Waals surface area contributed by atoms with E-state index in [4.69, 9.17) is 10.5 Å². The zero-order valence-corrected chi connectivity index (χ0v) is 19.1. The van der Waals surface area contributed by atoms with Crippen LogP contribution in [0.1, 0.15) is 36.2 Å². The molecule has 4 N–H and O–H groups in total. The maximum atomic E-state index is 13.9. The molecule has 5 rings (SSSR count). The van der Waals surface area contributed by atoms with Crippen LogP contribution in [0.3, 0.4) is 0 Å². The van der Waals surface area contributed by atoms with E-state index in [9.17, 15) is 9.36 Å². The number of amides is 1. The van der Waals surface area contributed by atoms with Crippen LogP contribution >= 0.6 is 7.14 Å². The predicted octanol–water partition coefficient (Wildman–Crippen LogP) is 3.78. The number of carbonyl (C=O) groups is 1. The van der Waals surface area contributed by atoms with E-state index in [1.54, 1.807) is 31.5 Å². The van der Waals surface area contributed by atoms with E-state index in [2.05, 4.69) is 25.8 Å². The summed E-state index contributed by atoms with van der Waals surface area (Å²) in [5.41, 5.74) is 7.11. The van der Waals surface area contributed by atoms with Gasteiger partial charge in [0.05, 0.1) is 18.5 Å². The number of primary amides is 1. The number of nitrogens with two attached hydrogens (primary N) is 1. The zero-order chi connectivity index (χ0) is 23.0. The van der Waals surface area contributed by atoms with Gasteiger partial charge in [-0.2, -0.15) is 0 Å². The number of anilines is 4. The van der Waals surface area contributed by atoms with Crippen molar-refractivity contribution >= 4 is 41.4 Å². The third-order valence-corrected chi connectivity index (χ3v) is 10.3. The second-order valence-corrected chi connectivity index (χ2v) is 11.8. The number of benzene rings is 1. The Labute approximate surface area is 191 Å². The fraction of sp³-hybridized carbons (Fsp3) is 0.304. The molecule has 0 saturated heterocycles. The van der Waals surface area contributed by atoms with Crippen molar-refractivity contribution in [1.29, 1.82) is 0 Å². The van der Waals surface area contributed by atoms with Crippen molar-refractivity contribution in [3.8, 4) is 5.75 Å². The molecule has 1 amide bonds. The van der Waals surface area contributed by atoms with Crippen LogP contribution in [0.15, 0.2) is 48.7 Å². The van der Waals surface area contributed by atoms with E-state index in [1.165, 1.54) is 0 Å². The summed E-state index contributed by atoms with van der Waals surface area (Å²) in [5.74, 6) is 0.809. The lowest BCUT2D eigenvalue weighted by molar-refractivity contribution is 0.0995. The lowest BCUT2D eigenvalue weighted by Crippen LogP contribution is -2.17. The van der Waals surface area contributed by atoms with Crippen LogP contribution in [0.4, 0.5) is 23.0 Å². The molecule has 3 aromatic rings. The minimum absolute atomic E-state index is 0.00525. The Balaban J connectivity index is 1.47. The van der Waals surface area contributed by atoms with Crippen molar-refractivity contribution in [2.45, 2.75) is 37.0 Å². The Morgan fingerprint density at radius 2 is 1.76 bits per heavy atom. The highest BCUT2D eigenvalue weighted by molar-refractivity contribution is 7.73. The number of nitrogens with one attached hydrogen (secondary N) is 2. The molecular formula is C23H25N6O3P. The molecule has 2 aliphatic rings. The SMILES string of the molecule is COc1cc(P(=O)(C2CC2)C2CC2)ccc1Nc1cc(Nc2ccccn2)nnc1C(N)=O. The van der Waals surface area contributed by atoms with Gasteiger partial charge in [-0.15, -0.1) is 10.2 Å². The quantitative estimate of drug-likeness (QED) is 0.408. The number of nitrogens with zero attached hydrogens (tertiary/aromatic N) is 3. The number of hydrogen-bond acceptors (Lipinski definition) is 8. The molecule has 1 aromatic carbocycles. The molecule has 0 bridgehead atoms. The topological polar surface area (TPSA) is 132 Å². The van der Waals surface area contributed by atoms with Gasteiger partial charge in [-0.25, -0.2) is 4.98 Å². The lowest BCUT2D eigenvalue weighted by Gasteiger charge is -2.20. The Bertz CT molecular complexity index is 1230. The van der Waals surface area contributed by atoms with Crippen molar-refractivity contribution in [2.24, 2.45) is 5.73 Å². The first-order valence-corrected chi connectivity index (χ1v) is 12.7. The van der Waals surface area contributed by atoms with Crippen LogP contribution in [-0.4, -0.2) is 39.5 Å². The highest BCUT2D eigenvalue weighted by Crippen LogP contribution is 2.69. The molecule has 2 aromatic heterocycles. The number of pyridine rings is 1. The number of carbonyl (C=O) groups excluding carboxylic acids is 1. The second-order valence-electron chi connectivity index (χ2n) is 8.38. The molecule has 0 spiro atoms. The highest BCUT2D eigenvalue weighted by atomic mass is 31.2. The zero-order valence-electron chi connectivity index (χ0n) is 18.2.